The molecule has 33 heavy (non-hydrogen) atoms. The topological polar surface area (TPSA) is 64.8 Å². The Kier molecular flexibility index (Phi) is 6.45. The summed E-state index contributed by atoms with van der Waals surface area (Å²) < 4.78 is 13.4. The first kappa shape index (κ1) is 22.1. The molecule has 3 aromatic carbocycles. The first-order valence-corrected chi connectivity index (χ1v) is 10.7. The van der Waals surface area contributed by atoms with Crippen LogP contribution in [0.3, 0.4) is 0 Å². The van der Waals surface area contributed by atoms with Crippen molar-refractivity contribution in [2.24, 2.45) is 12.1 Å². The molecule has 0 saturated carbocycles. The van der Waals surface area contributed by atoms with Gasteiger partial charge in [0.15, 0.2) is 11.5 Å². The predicted octanol–water partition coefficient (Wildman–Crippen LogP) is 5.15. The van der Waals surface area contributed by atoms with Crippen molar-refractivity contribution in [3.05, 3.63) is 94.7 Å². The van der Waals surface area contributed by atoms with Gasteiger partial charge in [0.2, 0.25) is 0 Å². The summed E-state index contributed by atoms with van der Waals surface area (Å²) in [5.74, 6) is 0.977. The second kappa shape index (κ2) is 9.61. The summed E-state index contributed by atoms with van der Waals surface area (Å²) >= 11 is 0. The molecule has 0 aliphatic rings. The lowest BCUT2D eigenvalue weighted by Gasteiger charge is -2.13. The lowest BCUT2D eigenvalue weighted by Crippen LogP contribution is -2.20. The zero-order valence-electron chi connectivity index (χ0n) is 19.3. The van der Waals surface area contributed by atoms with Gasteiger partial charge in [0.05, 0.1) is 13.3 Å². The molecule has 1 N–H and O–H groups in total. The van der Waals surface area contributed by atoms with Crippen LogP contribution in [0, 0.1) is 13.8 Å². The highest BCUT2D eigenvalue weighted by Crippen LogP contribution is 2.29. The van der Waals surface area contributed by atoms with Gasteiger partial charge in [-0.05, 0) is 60.9 Å². The van der Waals surface area contributed by atoms with Crippen LogP contribution in [-0.4, -0.2) is 23.8 Å². The standard InChI is InChI=1S/C27H27N3O3/c1-18-9-10-19(2)22(13-18)17-33-25-12-11-20(14-26(25)32-4)16-28-29-27(31)24-15-21-7-5-6-8-23(21)30(24)3/h5-16H,17H2,1-4H3,(H,29,31)/b28-16+. The molecule has 6 nitrogen and oxygen atoms in total. The first-order chi connectivity index (χ1) is 16.0. The summed E-state index contributed by atoms with van der Waals surface area (Å²) in [6, 6.07) is 21.6. The molecular weight excluding hydrogens is 414 g/mol. The summed E-state index contributed by atoms with van der Waals surface area (Å²) in [5.41, 5.74) is 8.43. The van der Waals surface area contributed by atoms with Gasteiger partial charge in [-0.2, -0.15) is 5.10 Å². The average molecular weight is 442 g/mol. The van der Waals surface area contributed by atoms with Crippen molar-refractivity contribution in [1.29, 1.82) is 0 Å². The summed E-state index contributed by atoms with van der Waals surface area (Å²) in [6.45, 7) is 4.59. The van der Waals surface area contributed by atoms with Gasteiger partial charge in [-0.1, -0.05) is 42.0 Å². The van der Waals surface area contributed by atoms with Crippen molar-refractivity contribution < 1.29 is 14.3 Å². The fourth-order valence-corrected chi connectivity index (χ4v) is 3.72. The highest BCUT2D eigenvalue weighted by Gasteiger charge is 2.12. The van der Waals surface area contributed by atoms with Crippen molar-refractivity contribution in [2.45, 2.75) is 20.5 Å². The largest absolute Gasteiger partial charge is 0.493 e. The number of nitrogens with zero attached hydrogens (tertiary/aromatic N) is 2. The van der Waals surface area contributed by atoms with Crippen LogP contribution in [0.5, 0.6) is 11.5 Å². The third kappa shape index (κ3) is 4.90. The minimum Gasteiger partial charge on any atom is -0.493 e. The van der Waals surface area contributed by atoms with E-state index in [9.17, 15) is 4.79 Å². The number of aryl methyl sites for hydroxylation is 3. The van der Waals surface area contributed by atoms with Crippen LogP contribution in [0.25, 0.3) is 10.9 Å². The van der Waals surface area contributed by atoms with E-state index >= 15 is 0 Å². The fourth-order valence-electron chi connectivity index (χ4n) is 3.72. The summed E-state index contributed by atoms with van der Waals surface area (Å²) in [4.78, 5) is 12.6. The monoisotopic (exact) mass is 441 g/mol. The van der Waals surface area contributed by atoms with E-state index in [1.807, 2.05) is 60.1 Å². The molecule has 0 spiro atoms. The van der Waals surface area contributed by atoms with Crippen molar-refractivity contribution in [1.82, 2.24) is 9.99 Å². The molecule has 0 aliphatic carbocycles. The van der Waals surface area contributed by atoms with Crippen LogP contribution in [0.1, 0.15) is 32.7 Å². The van der Waals surface area contributed by atoms with Crippen molar-refractivity contribution in [2.75, 3.05) is 7.11 Å². The Hall–Kier alpha value is -4.06. The number of carbonyl (C=O) groups excluding carboxylic acids is 1. The van der Waals surface area contributed by atoms with Crippen LogP contribution in [-0.2, 0) is 13.7 Å². The molecule has 168 valence electrons. The van der Waals surface area contributed by atoms with Gasteiger partial charge in [0.1, 0.15) is 12.3 Å². The molecular formula is C27H27N3O3. The number of hydrazone groups is 1. The summed E-state index contributed by atoms with van der Waals surface area (Å²) in [7, 11) is 3.46. The molecule has 0 fully saturated rings. The van der Waals surface area contributed by atoms with Crippen LogP contribution in [0.15, 0.2) is 71.8 Å². The zero-order valence-corrected chi connectivity index (χ0v) is 19.3. The third-order valence-corrected chi connectivity index (χ3v) is 5.64. The maximum absolute atomic E-state index is 12.6. The van der Waals surface area contributed by atoms with Crippen LogP contribution in [0.2, 0.25) is 0 Å². The van der Waals surface area contributed by atoms with E-state index in [-0.39, 0.29) is 5.91 Å². The van der Waals surface area contributed by atoms with E-state index in [1.54, 1.807) is 13.3 Å². The van der Waals surface area contributed by atoms with E-state index in [0.29, 0.717) is 23.8 Å². The Bertz CT molecular complexity index is 1340. The van der Waals surface area contributed by atoms with Crippen molar-refractivity contribution in [3.8, 4) is 11.5 Å². The molecule has 0 unspecified atom stereocenters. The smallest absolute Gasteiger partial charge is 0.287 e. The molecule has 0 atom stereocenters. The second-order valence-corrected chi connectivity index (χ2v) is 7.98. The number of amides is 1. The number of methoxy groups -OCH3 is 1. The van der Waals surface area contributed by atoms with Gasteiger partial charge in [-0.3, -0.25) is 4.79 Å². The SMILES string of the molecule is COc1cc(/C=N/NC(=O)c2cc3ccccc3n2C)ccc1OCc1cc(C)ccc1C. The number of hydrogen-bond donors (Lipinski definition) is 1. The lowest BCUT2D eigenvalue weighted by atomic mass is 10.1. The highest BCUT2D eigenvalue weighted by molar-refractivity contribution is 5.99. The normalized spacial score (nSPS) is 11.2. The Morgan fingerprint density at radius 2 is 1.85 bits per heavy atom. The number of carbonyl (C=O) groups is 1. The van der Waals surface area contributed by atoms with Gasteiger partial charge < -0.3 is 14.0 Å². The lowest BCUT2D eigenvalue weighted by molar-refractivity contribution is 0.0947. The Morgan fingerprint density at radius 3 is 2.64 bits per heavy atom. The molecule has 6 heteroatoms. The van der Waals surface area contributed by atoms with Gasteiger partial charge in [-0.25, -0.2) is 5.43 Å². The van der Waals surface area contributed by atoms with E-state index in [0.717, 1.165) is 22.0 Å². The molecule has 0 radical (unpaired) electrons. The minimum absolute atomic E-state index is 0.273. The zero-order chi connectivity index (χ0) is 23.4. The maximum Gasteiger partial charge on any atom is 0.287 e. The Morgan fingerprint density at radius 1 is 1.03 bits per heavy atom. The molecule has 4 aromatic rings. The molecule has 1 amide bonds. The van der Waals surface area contributed by atoms with E-state index in [4.69, 9.17) is 9.47 Å². The van der Waals surface area contributed by atoms with E-state index < -0.39 is 0 Å². The number of nitrogens with one attached hydrogen (secondary N) is 1. The van der Waals surface area contributed by atoms with Gasteiger partial charge >= 0.3 is 0 Å². The van der Waals surface area contributed by atoms with E-state index in [2.05, 4.69) is 42.6 Å². The number of rotatable bonds is 7. The molecule has 4 rings (SSSR count). The van der Waals surface area contributed by atoms with Crippen molar-refractivity contribution >= 4 is 23.0 Å². The number of para-hydroxylation sites is 1. The Labute approximate surface area is 193 Å². The first-order valence-electron chi connectivity index (χ1n) is 10.7. The minimum atomic E-state index is -0.273. The molecule has 1 aromatic heterocycles. The highest BCUT2D eigenvalue weighted by atomic mass is 16.5. The molecule has 0 saturated heterocycles. The quantitative estimate of drug-likeness (QED) is 0.319. The van der Waals surface area contributed by atoms with Crippen LogP contribution >= 0.6 is 0 Å². The Balaban J connectivity index is 1.43. The predicted molar refractivity (Wildman–Crippen MR) is 131 cm³/mol. The van der Waals surface area contributed by atoms with Crippen LogP contribution in [0.4, 0.5) is 0 Å². The summed E-state index contributed by atoms with van der Waals surface area (Å²) in [5, 5.41) is 5.12. The number of fused-ring (bicyclic) bond motifs is 1. The molecule has 1 heterocycles. The summed E-state index contributed by atoms with van der Waals surface area (Å²) in [6.07, 6.45) is 1.58. The number of ether oxygens (including phenoxy) is 2. The fraction of sp³-hybridized carbons (Fsp3) is 0.185. The third-order valence-electron chi connectivity index (χ3n) is 5.64. The van der Waals surface area contributed by atoms with Gasteiger partial charge in [0.25, 0.3) is 5.91 Å². The number of hydrogen-bond acceptors (Lipinski definition) is 4. The number of benzene rings is 3. The van der Waals surface area contributed by atoms with Gasteiger partial charge in [0, 0.05) is 18.0 Å². The average Bonchev–Trinajstić information content (AvgIpc) is 3.16. The van der Waals surface area contributed by atoms with Crippen molar-refractivity contribution in [3.63, 3.8) is 0 Å². The number of aromatic nitrogens is 1. The van der Waals surface area contributed by atoms with Gasteiger partial charge in [-0.15, -0.1) is 0 Å². The molecule has 0 aliphatic heterocycles. The molecule has 0 bridgehead atoms. The van der Waals surface area contributed by atoms with Crippen LogP contribution < -0.4 is 14.9 Å². The van der Waals surface area contributed by atoms with E-state index in [1.165, 1.54) is 11.1 Å². The second-order valence-electron chi connectivity index (χ2n) is 7.98. The maximum atomic E-state index is 12.6.